The Bertz CT molecular complexity index is 417. The third kappa shape index (κ3) is 2.22. The maximum absolute atomic E-state index is 5.99. The van der Waals surface area contributed by atoms with Gasteiger partial charge in [0.25, 0.3) is 0 Å². The Morgan fingerprint density at radius 1 is 1.39 bits per heavy atom. The smallest absolute Gasteiger partial charge is 0.142 e. The molecule has 0 spiro atoms. The number of anilines is 2. The number of aromatic nitrogens is 1. The van der Waals surface area contributed by atoms with Gasteiger partial charge in [-0.05, 0) is 55.0 Å². The van der Waals surface area contributed by atoms with Gasteiger partial charge in [-0.25, -0.2) is 0 Å². The molecule has 0 radical (unpaired) electrons. The molecule has 0 aromatic carbocycles. The first-order chi connectivity index (χ1) is 8.74. The minimum absolute atomic E-state index is 0.527. The highest BCUT2D eigenvalue weighted by atomic mass is 32.1. The van der Waals surface area contributed by atoms with Crippen molar-refractivity contribution >= 4 is 22.4 Å². The lowest BCUT2D eigenvalue weighted by atomic mass is 9.83. The normalized spacial score (nSPS) is 22.3. The van der Waals surface area contributed by atoms with E-state index in [9.17, 15) is 0 Å². The van der Waals surface area contributed by atoms with Gasteiger partial charge in [0.15, 0.2) is 0 Å². The molecular formula is C14H23N3S. The van der Waals surface area contributed by atoms with Crippen LogP contribution < -0.4 is 11.1 Å². The fourth-order valence-corrected chi connectivity index (χ4v) is 4.05. The summed E-state index contributed by atoms with van der Waals surface area (Å²) in [4.78, 5) is 0. The summed E-state index contributed by atoms with van der Waals surface area (Å²) in [5.74, 6) is 1.45. The second-order valence-corrected chi connectivity index (χ2v) is 6.77. The summed E-state index contributed by atoms with van der Waals surface area (Å²) in [6, 6.07) is 0. The van der Waals surface area contributed by atoms with Crippen molar-refractivity contribution in [3.05, 3.63) is 5.56 Å². The van der Waals surface area contributed by atoms with Crippen molar-refractivity contribution in [1.82, 2.24) is 4.37 Å². The van der Waals surface area contributed by atoms with Gasteiger partial charge in [-0.1, -0.05) is 19.8 Å². The van der Waals surface area contributed by atoms with E-state index in [1.165, 1.54) is 55.5 Å². The molecule has 2 saturated carbocycles. The molecule has 3 N–H and O–H groups in total. The Morgan fingerprint density at radius 3 is 2.72 bits per heavy atom. The Labute approximate surface area is 113 Å². The lowest BCUT2D eigenvalue weighted by Gasteiger charge is -2.28. The van der Waals surface area contributed by atoms with Gasteiger partial charge in [-0.3, -0.25) is 0 Å². The molecule has 1 heterocycles. The molecule has 3 nitrogen and oxygen atoms in total. The summed E-state index contributed by atoms with van der Waals surface area (Å²) >= 11 is 1.55. The number of nitrogens with zero attached hydrogens (tertiary/aromatic N) is 1. The van der Waals surface area contributed by atoms with Crippen LogP contribution in [0, 0.1) is 5.41 Å². The highest BCUT2D eigenvalue weighted by Gasteiger charge is 2.34. The van der Waals surface area contributed by atoms with Crippen LogP contribution in [0.4, 0.5) is 10.8 Å². The minimum atomic E-state index is 0.527. The molecule has 1 aromatic rings. The predicted octanol–water partition coefficient (Wildman–Crippen LogP) is 3.99. The number of hydrogen-bond donors (Lipinski definition) is 2. The average molecular weight is 265 g/mol. The van der Waals surface area contributed by atoms with E-state index in [0.29, 0.717) is 11.3 Å². The van der Waals surface area contributed by atoms with E-state index in [-0.39, 0.29) is 0 Å². The monoisotopic (exact) mass is 265 g/mol. The minimum Gasteiger partial charge on any atom is -0.383 e. The number of hydrogen-bond acceptors (Lipinski definition) is 4. The van der Waals surface area contributed by atoms with Crippen molar-refractivity contribution in [3.63, 3.8) is 0 Å². The van der Waals surface area contributed by atoms with E-state index >= 15 is 0 Å². The molecule has 3 rings (SSSR count). The predicted molar refractivity (Wildman–Crippen MR) is 78.2 cm³/mol. The van der Waals surface area contributed by atoms with Crippen LogP contribution in [0.5, 0.6) is 0 Å². The number of nitrogen functional groups attached to an aromatic ring is 1. The number of nitrogens with one attached hydrogen (secondary N) is 1. The molecule has 2 aliphatic carbocycles. The van der Waals surface area contributed by atoms with Crippen molar-refractivity contribution in [1.29, 1.82) is 0 Å². The van der Waals surface area contributed by atoms with Crippen LogP contribution in [0.25, 0.3) is 0 Å². The van der Waals surface area contributed by atoms with Crippen LogP contribution in [0.2, 0.25) is 0 Å². The summed E-state index contributed by atoms with van der Waals surface area (Å²) < 4.78 is 4.33. The summed E-state index contributed by atoms with van der Waals surface area (Å²) in [6.07, 6.45) is 9.41. The van der Waals surface area contributed by atoms with Gasteiger partial charge >= 0.3 is 0 Å². The average Bonchev–Trinajstić information content (AvgIpc) is 2.98. The summed E-state index contributed by atoms with van der Waals surface area (Å²) in [5, 5.41) is 4.91. The van der Waals surface area contributed by atoms with Gasteiger partial charge < -0.3 is 11.1 Å². The van der Waals surface area contributed by atoms with E-state index in [4.69, 9.17) is 5.73 Å². The van der Waals surface area contributed by atoms with E-state index < -0.39 is 0 Å². The lowest BCUT2D eigenvalue weighted by Crippen LogP contribution is -2.25. The third-order valence-corrected chi connectivity index (χ3v) is 5.61. The van der Waals surface area contributed by atoms with Crippen LogP contribution in [0.3, 0.4) is 0 Å². The van der Waals surface area contributed by atoms with Crippen LogP contribution in [-0.2, 0) is 0 Å². The topological polar surface area (TPSA) is 50.9 Å². The summed E-state index contributed by atoms with van der Waals surface area (Å²) in [5.41, 5.74) is 7.83. The highest BCUT2D eigenvalue weighted by molar-refractivity contribution is 7.10. The van der Waals surface area contributed by atoms with Gasteiger partial charge in [0.2, 0.25) is 0 Å². The van der Waals surface area contributed by atoms with Gasteiger partial charge in [0.1, 0.15) is 10.8 Å². The van der Waals surface area contributed by atoms with Crippen molar-refractivity contribution < 1.29 is 0 Å². The molecule has 0 amide bonds. The van der Waals surface area contributed by atoms with Crippen molar-refractivity contribution in [2.45, 2.75) is 57.8 Å². The molecule has 4 heteroatoms. The largest absolute Gasteiger partial charge is 0.383 e. The van der Waals surface area contributed by atoms with Gasteiger partial charge in [-0.2, -0.15) is 4.37 Å². The van der Waals surface area contributed by atoms with Gasteiger partial charge in [0.05, 0.1) is 0 Å². The Morgan fingerprint density at radius 2 is 2.11 bits per heavy atom. The van der Waals surface area contributed by atoms with Crippen LogP contribution in [0.1, 0.15) is 63.4 Å². The van der Waals surface area contributed by atoms with Crippen molar-refractivity contribution in [2.75, 3.05) is 17.6 Å². The fraction of sp³-hybridized carbons (Fsp3) is 0.786. The first-order valence-corrected chi connectivity index (χ1v) is 8.00. The van der Waals surface area contributed by atoms with Crippen LogP contribution >= 0.6 is 11.5 Å². The fourth-order valence-electron chi connectivity index (χ4n) is 3.25. The molecule has 0 atom stereocenters. The molecular weight excluding hydrogens is 242 g/mol. The van der Waals surface area contributed by atoms with E-state index in [2.05, 4.69) is 16.6 Å². The second-order valence-electron chi connectivity index (χ2n) is 6.00. The van der Waals surface area contributed by atoms with Gasteiger partial charge in [0, 0.05) is 12.1 Å². The molecule has 18 heavy (non-hydrogen) atoms. The molecule has 0 aliphatic heterocycles. The first kappa shape index (κ1) is 12.3. The molecule has 0 bridgehead atoms. The second kappa shape index (κ2) is 4.72. The van der Waals surface area contributed by atoms with Crippen LogP contribution in [-0.4, -0.2) is 10.9 Å². The lowest BCUT2D eigenvalue weighted by molar-refractivity contribution is 0.307. The SMILES string of the molecule is CCC1(CNc2snc(N)c2C2CC2)CCCC1. The van der Waals surface area contributed by atoms with Crippen molar-refractivity contribution in [2.24, 2.45) is 5.41 Å². The maximum atomic E-state index is 5.99. The Hall–Kier alpha value is -0.770. The molecule has 100 valence electrons. The van der Waals surface area contributed by atoms with E-state index in [1.807, 2.05) is 0 Å². The summed E-state index contributed by atoms with van der Waals surface area (Å²) in [6.45, 7) is 3.43. The van der Waals surface area contributed by atoms with Crippen molar-refractivity contribution in [3.8, 4) is 0 Å². The van der Waals surface area contributed by atoms with Crippen LogP contribution in [0.15, 0.2) is 0 Å². The highest BCUT2D eigenvalue weighted by Crippen LogP contribution is 2.48. The zero-order valence-electron chi connectivity index (χ0n) is 11.2. The van der Waals surface area contributed by atoms with E-state index in [1.54, 1.807) is 11.5 Å². The first-order valence-electron chi connectivity index (χ1n) is 7.23. The third-order valence-electron chi connectivity index (χ3n) is 4.78. The number of nitrogens with two attached hydrogens (primary N) is 1. The molecule has 0 unspecified atom stereocenters. The molecule has 1 aromatic heterocycles. The number of rotatable bonds is 5. The quantitative estimate of drug-likeness (QED) is 0.846. The zero-order chi connectivity index (χ0) is 12.6. The molecule has 2 aliphatic rings. The zero-order valence-corrected chi connectivity index (χ0v) is 12.0. The van der Waals surface area contributed by atoms with Gasteiger partial charge in [-0.15, -0.1) is 0 Å². The Kier molecular flexibility index (Phi) is 3.22. The summed E-state index contributed by atoms with van der Waals surface area (Å²) in [7, 11) is 0. The Balaban J connectivity index is 1.69. The maximum Gasteiger partial charge on any atom is 0.142 e. The molecule has 0 saturated heterocycles. The molecule has 2 fully saturated rings. The standard InChI is InChI=1S/C14H23N3S/c1-2-14(7-3-4-8-14)9-16-13-11(10-5-6-10)12(15)17-18-13/h10,16H,2-9H2,1H3,(H2,15,17). The van der Waals surface area contributed by atoms with E-state index in [0.717, 1.165) is 12.4 Å².